The second-order valence-corrected chi connectivity index (χ2v) is 8.65. The molecule has 1 aliphatic heterocycles. The van der Waals surface area contributed by atoms with Gasteiger partial charge in [-0.1, -0.05) is 38.1 Å². The highest BCUT2D eigenvalue weighted by Crippen LogP contribution is 2.28. The molecular formula is C25H29N3O. The van der Waals surface area contributed by atoms with E-state index in [1.165, 1.54) is 17.5 Å². The fourth-order valence-electron chi connectivity index (χ4n) is 4.38. The van der Waals surface area contributed by atoms with Crippen LogP contribution >= 0.6 is 0 Å². The van der Waals surface area contributed by atoms with Crippen molar-refractivity contribution in [3.63, 3.8) is 0 Å². The Kier molecular flexibility index (Phi) is 5.27. The van der Waals surface area contributed by atoms with E-state index in [9.17, 15) is 4.79 Å². The van der Waals surface area contributed by atoms with Crippen LogP contribution in [-0.4, -0.2) is 28.9 Å². The van der Waals surface area contributed by atoms with E-state index in [2.05, 4.69) is 51.2 Å². The number of para-hydroxylation sites is 1. The second-order valence-electron chi connectivity index (χ2n) is 8.65. The van der Waals surface area contributed by atoms with E-state index >= 15 is 0 Å². The number of aryl methyl sites for hydroxylation is 2. The first-order chi connectivity index (χ1) is 13.9. The number of fused-ring (bicyclic) bond motifs is 1. The molecule has 0 aliphatic carbocycles. The van der Waals surface area contributed by atoms with Crippen LogP contribution in [0, 0.1) is 25.7 Å². The van der Waals surface area contributed by atoms with Crippen molar-refractivity contribution in [3.05, 3.63) is 65.2 Å². The number of pyridine rings is 1. The number of nitrogens with zero attached hydrogens (tertiary/aromatic N) is 2. The summed E-state index contributed by atoms with van der Waals surface area (Å²) in [4.78, 5) is 20.3. The number of rotatable bonds is 3. The van der Waals surface area contributed by atoms with Crippen molar-refractivity contribution in [1.29, 1.82) is 0 Å². The molecule has 2 aromatic carbocycles. The SMILES string of the molecule is Cc1ccc(Nc2cc(C(=O)N3C[C@@H](C)C[C@H](C)C3)c3ccccc3n2)cc1C. The fourth-order valence-corrected chi connectivity index (χ4v) is 4.38. The molecule has 0 radical (unpaired) electrons. The van der Waals surface area contributed by atoms with Gasteiger partial charge in [0.2, 0.25) is 0 Å². The van der Waals surface area contributed by atoms with Gasteiger partial charge in [-0.15, -0.1) is 0 Å². The number of likely N-dealkylation sites (tertiary alicyclic amines) is 1. The smallest absolute Gasteiger partial charge is 0.254 e. The zero-order valence-electron chi connectivity index (χ0n) is 17.7. The van der Waals surface area contributed by atoms with Crippen LogP contribution in [0.2, 0.25) is 0 Å². The molecule has 4 rings (SSSR count). The first kappa shape index (κ1) is 19.4. The number of benzene rings is 2. The fraction of sp³-hybridized carbons (Fsp3) is 0.360. The summed E-state index contributed by atoms with van der Waals surface area (Å²) in [7, 11) is 0. The Morgan fingerprint density at radius 2 is 1.72 bits per heavy atom. The minimum Gasteiger partial charge on any atom is -0.340 e. The lowest BCUT2D eigenvalue weighted by Gasteiger charge is -2.35. The van der Waals surface area contributed by atoms with Gasteiger partial charge >= 0.3 is 0 Å². The van der Waals surface area contributed by atoms with Gasteiger partial charge in [-0.05, 0) is 67.5 Å². The molecule has 1 aromatic heterocycles. The van der Waals surface area contributed by atoms with Crippen molar-refractivity contribution >= 4 is 28.3 Å². The van der Waals surface area contributed by atoms with Gasteiger partial charge in [0.1, 0.15) is 5.82 Å². The third kappa shape index (κ3) is 4.12. The molecule has 0 bridgehead atoms. The van der Waals surface area contributed by atoms with Gasteiger partial charge in [0.05, 0.1) is 11.1 Å². The van der Waals surface area contributed by atoms with Gasteiger partial charge < -0.3 is 10.2 Å². The molecule has 4 nitrogen and oxygen atoms in total. The third-order valence-corrected chi connectivity index (χ3v) is 5.88. The molecule has 4 heteroatoms. The van der Waals surface area contributed by atoms with E-state index in [1.54, 1.807) is 0 Å². The molecule has 1 N–H and O–H groups in total. The van der Waals surface area contributed by atoms with E-state index in [4.69, 9.17) is 4.98 Å². The number of nitrogens with one attached hydrogen (secondary N) is 1. The van der Waals surface area contributed by atoms with Gasteiger partial charge in [0.15, 0.2) is 0 Å². The van der Waals surface area contributed by atoms with Crippen molar-refractivity contribution in [1.82, 2.24) is 9.88 Å². The van der Waals surface area contributed by atoms with E-state index in [0.717, 1.165) is 35.2 Å². The summed E-state index contributed by atoms with van der Waals surface area (Å²) in [6.45, 7) is 10.3. The molecule has 0 unspecified atom stereocenters. The standard InChI is InChI=1S/C25H29N3O/c1-16-11-17(2)15-28(14-16)25(29)22-13-24(27-23-8-6-5-7-21(22)23)26-20-10-9-18(3)19(4)12-20/h5-10,12-13,16-17H,11,14-15H2,1-4H3,(H,26,27)/t16-,17-/m0/s1. The summed E-state index contributed by atoms with van der Waals surface area (Å²) in [6, 6.07) is 16.1. The number of piperidine rings is 1. The van der Waals surface area contributed by atoms with Crippen molar-refractivity contribution in [2.75, 3.05) is 18.4 Å². The molecule has 0 saturated carbocycles. The van der Waals surface area contributed by atoms with Crippen LogP contribution in [-0.2, 0) is 0 Å². The normalized spacial score (nSPS) is 19.4. The highest BCUT2D eigenvalue weighted by Gasteiger charge is 2.27. The van der Waals surface area contributed by atoms with E-state index < -0.39 is 0 Å². The zero-order chi connectivity index (χ0) is 20.5. The number of carbonyl (C=O) groups is 1. The average Bonchev–Trinajstić information content (AvgIpc) is 2.69. The predicted molar refractivity (Wildman–Crippen MR) is 120 cm³/mol. The number of hydrogen-bond donors (Lipinski definition) is 1. The number of hydrogen-bond acceptors (Lipinski definition) is 3. The van der Waals surface area contributed by atoms with Crippen LogP contribution in [0.25, 0.3) is 10.9 Å². The average molecular weight is 388 g/mol. The van der Waals surface area contributed by atoms with Crippen LogP contribution < -0.4 is 5.32 Å². The van der Waals surface area contributed by atoms with Crippen LogP contribution in [0.15, 0.2) is 48.5 Å². The maximum Gasteiger partial charge on any atom is 0.254 e. The zero-order valence-corrected chi connectivity index (χ0v) is 17.7. The van der Waals surface area contributed by atoms with Gasteiger partial charge in [-0.25, -0.2) is 4.98 Å². The minimum absolute atomic E-state index is 0.102. The van der Waals surface area contributed by atoms with Gasteiger partial charge in [-0.2, -0.15) is 0 Å². The summed E-state index contributed by atoms with van der Waals surface area (Å²) in [5, 5.41) is 4.31. The number of aromatic nitrogens is 1. The minimum atomic E-state index is 0.102. The molecule has 1 fully saturated rings. The first-order valence-corrected chi connectivity index (χ1v) is 10.4. The number of carbonyl (C=O) groups excluding carboxylic acids is 1. The molecule has 0 spiro atoms. The second kappa shape index (κ2) is 7.86. The predicted octanol–water partition coefficient (Wildman–Crippen LogP) is 5.71. The lowest BCUT2D eigenvalue weighted by atomic mass is 9.91. The van der Waals surface area contributed by atoms with Crippen LogP contribution in [0.5, 0.6) is 0 Å². The first-order valence-electron chi connectivity index (χ1n) is 10.4. The lowest BCUT2D eigenvalue weighted by molar-refractivity contribution is 0.0625. The molecule has 29 heavy (non-hydrogen) atoms. The molecule has 1 saturated heterocycles. The Labute approximate surface area is 173 Å². The van der Waals surface area contributed by atoms with E-state index in [-0.39, 0.29) is 5.91 Å². The summed E-state index contributed by atoms with van der Waals surface area (Å²) in [5.74, 6) is 1.87. The van der Waals surface area contributed by atoms with Crippen LogP contribution in [0.3, 0.4) is 0 Å². The Bertz CT molecular complexity index is 1050. The lowest BCUT2D eigenvalue weighted by Crippen LogP contribution is -2.42. The highest BCUT2D eigenvalue weighted by molar-refractivity contribution is 6.07. The molecule has 2 atom stereocenters. The Morgan fingerprint density at radius 1 is 1.00 bits per heavy atom. The van der Waals surface area contributed by atoms with Gasteiger partial charge in [0.25, 0.3) is 5.91 Å². The quantitative estimate of drug-likeness (QED) is 0.626. The van der Waals surface area contributed by atoms with Crippen LogP contribution in [0.1, 0.15) is 41.8 Å². The molecule has 1 aliphatic rings. The molecule has 1 amide bonds. The number of anilines is 2. The molecule has 2 heterocycles. The van der Waals surface area contributed by atoms with Crippen molar-refractivity contribution < 1.29 is 4.79 Å². The van der Waals surface area contributed by atoms with Gasteiger partial charge in [0, 0.05) is 24.2 Å². The Hall–Kier alpha value is -2.88. The van der Waals surface area contributed by atoms with Crippen molar-refractivity contribution in [2.45, 2.75) is 34.1 Å². The van der Waals surface area contributed by atoms with Crippen LogP contribution in [0.4, 0.5) is 11.5 Å². The van der Waals surface area contributed by atoms with E-state index in [1.807, 2.05) is 35.2 Å². The summed E-state index contributed by atoms with van der Waals surface area (Å²) < 4.78 is 0. The molecule has 3 aromatic rings. The maximum atomic E-state index is 13.5. The summed E-state index contributed by atoms with van der Waals surface area (Å²) >= 11 is 0. The monoisotopic (exact) mass is 387 g/mol. The summed E-state index contributed by atoms with van der Waals surface area (Å²) in [5.41, 5.74) is 5.02. The Balaban J connectivity index is 1.72. The largest absolute Gasteiger partial charge is 0.340 e. The van der Waals surface area contributed by atoms with Crippen molar-refractivity contribution in [3.8, 4) is 0 Å². The van der Waals surface area contributed by atoms with E-state index in [0.29, 0.717) is 17.7 Å². The molecular weight excluding hydrogens is 358 g/mol. The maximum absolute atomic E-state index is 13.5. The Morgan fingerprint density at radius 3 is 2.45 bits per heavy atom. The highest BCUT2D eigenvalue weighted by atomic mass is 16.2. The van der Waals surface area contributed by atoms with Gasteiger partial charge in [-0.3, -0.25) is 4.79 Å². The van der Waals surface area contributed by atoms with Crippen molar-refractivity contribution in [2.24, 2.45) is 11.8 Å². The number of amides is 1. The summed E-state index contributed by atoms with van der Waals surface area (Å²) in [6.07, 6.45) is 1.18. The topological polar surface area (TPSA) is 45.2 Å². The third-order valence-electron chi connectivity index (χ3n) is 5.88. The molecule has 150 valence electrons.